The molecule has 1 fully saturated rings. The minimum atomic E-state index is 0.00813. The lowest BCUT2D eigenvalue weighted by Crippen LogP contribution is -2.45. The highest BCUT2D eigenvalue weighted by Crippen LogP contribution is 2.47. The molecule has 0 radical (unpaired) electrons. The van der Waals surface area contributed by atoms with Crippen molar-refractivity contribution in [2.75, 3.05) is 0 Å². The van der Waals surface area contributed by atoms with Gasteiger partial charge < -0.3 is 4.74 Å². The molecule has 2 aromatic rings. The number of rotatable bonds is 2. The second-order valence-electron chi connectivity index (χ2n) is 7.74. The van der Waals surface area contributed by atoms with E-state index >= 15 is 0 Å². The van der Waals surface area contributed by atoms with Crippen LogP contribution in [0.1, 0.15) is 55.7 Å². The molecule has 3 aliphatic rings. The first-order valence-electron chi connectivity index (χ1n) is 9.77. The van der Waals surface area contributed by atoms with Crippen molar-refractivity contribution in [2.24, 2.45) is 11.0 Å². The highest BCUT2D eigenvalue weighted by atomic mass is 35.5. The third-order valence-corrected chi connectivity index (χ3v) is 6.50. The van der Waals surface area contributed by atoms with Gasteiger partial charge in [-0.15, -0.1) is 0 Å². The molecular formula is C22H22Cl2N2O. The molecule has 2 atom stereocenters. The zero-order chi connectivity index (χ0) is 18.4. The van der Waals surface area contributed by atoms with Crippen molar-refractivity contribution < 1.29 is 4.74 Å². The lowest BCUT2D eigenvalue weighted by Gasteiger charge is -2.42. The van der Waals surface area contributed by atoms with Crippen molar-refractivity contribution in [3.63, 3.8) is 0 Å². The van der Waals surface area contributed by atoms with Gasteiger partial charge in [-0.25, -0.2) is 5.01 Å². The molecule has 1 saturated carbocycles. The Morgan fingerprint density at radius 1 is 0.926 bits per heavy atom. The molecule has 0 amide bonds. The van der Waals surface area contributed by atoms with Gasteiger partial charge in [0.15, 0.2) is 6.23 Å². The number of fused-ring (bicyclic) bond motifs is 3. The summed E-state index contributed by atoms with van der Waals surface area (Å²) in [5.41, 5.74) is 3.36. The fraction of sp³-hybridized carbons (Fsp3) is 0.409. The minimum absolute atomic E-state index is 0.00813. The SMILES string of the molecule is Clc1ccc(C2=NN3[C@@H](C4CCCCC4)Oc4ccc(Cl)cc4[C@@H]3C2)cc1. The molecule has 0 spiro atoms. The second-order valence-corrected chi connectivity index (χ2v) is 8.62. The van der Waals surface area contributed by atoms with Crippen LogP contribution in [0.25, 0.3) is 0 Å². The summed E-state index contributed by atoms with van der Waals surface area (Å²) in [7, 11) is 0. The normalized spacial score (nSPS) is 24.8. The molecular weight excluding hydrogens is 379 g/mol. The summed E-state index contributed by atoms with van der Waals surface area (Å²) in [5, 5.41) is 8.73. The number of nitrogens with zero attached hydrogens (tertiary/aromatic N) is 2. The Hall–Kier alpha value is -1.71. The van der Waals surface area contributed by atoms with E-state index in [0.29, 0.717) is 5.92 Å². The smallest absolute Gasteiger partial charge is 0.190 e. The maximum absolute atomic E-state index is 6.48. The Kier molecular flexibility index (Phi) is 4.53. The van der Waals surface area contributed by atoms with E-state index in [0.717, 1.165) is 39.1 Å². The fourth-order valence-electron chi connectivity index (χ4n) is 4.63. The van der Waals surface area contributed by atoms with Crippen molar-refractivity contribution >= 4 is 28.9 Å². The van der Waals surface area contributed by atoms with Gasteiger partial charge in [-0.05, 0) is 48.7 Å². The Bertz CT molecular complexity index is 874. The first kappa shape index (κ1) is 17.4. The van der Waals surface area contributed by atoms with Crippen molar-refractivity contribution in [3.8, 4) is 5.75 Å². The van der Waals surface area contributed by atoms with E-state index in [4.69, 9.17) is 33.0 Å². The van der Waals surface area contributed by atoms with Crippen molar-refractivity contribution in [2.45, 2.75) is 50.8 Å². The van der Waals surface area contributed by atoms with Crippen LogP contribution in [0.4, 0.5) is 0 Å². The number of hydrogen-bond donors (Lipinski definition) is 0. The van der Waals surface area contributed by atoms with Gasteiger partial charge in [-0.1, -0.05) is 54.6 Å². The molecule has 0 N–H and O–H groups in total. The lowest BCUT2D eigenvalue weighted by atomic mass is 9.86. The molecule has 0 bridgehead atoms. The Balaban J connectivity index is 1.53. The third kappa shape index (κ3) is 3.21. The monoisotopic (exact) mass is 400 g/mol. The van der Waals surface area contributed by atoms with Gasteiger partial charge in [0.1, 0.15) is 5.75 Å². The summed E-state index contributed by atoms with van der Waals surface area (Å²) in [6, 6.07) is 14.1. The predicted molar refractivity (Wildman–Crippen MR) is 110 cm³/mol. The molecule has 1 aliphatic carbocycles. The van der Waals surface area contributed by atoms with Gasteiger partial charge in [-0.2, -0.15) is 5.10 Å². The second kappa shape index (κ2) is 7.03. The maximum Gasteiger partial charge on any atom is 0.190 e. The zero-order valence-electron chi connectivity index (χ0n) is 15.1. The first-order chi connectivity index (χ1) is 13.2. The van der Waals surface area contributed by atoms with Crippen LogP contribution in [0.5, 0.6) is 5.75 Å². The van der Waals surface area contributed by atoms with E-state index in [1.165, 1.54) is 32.1 Å². The van der Waals surface area contributed by atoms with Crippen LogP contribution in [-0.4, -0.2) is 16.9 Å². The lowest BCUT2D eigenvalue weighted by molar-refractivity contribution is -0.0643. The Labute approximate surface area is 169 Å². The number of hydrazone groups is 1. The number of benzene rings is 2. The number of halogens is 2. The molecule has 2 aliphatic heterocycles. The van der Waals surface area contributed by atoms with E-state index in [2.05, 4.69) is 17.1 Å². The summed E-state index contributed by atoms with van der Waals surface area (Å²) in [6.45, 7) is 0. The van der Waals surface area contributed by atoms with Gasteiger partial charge in [-0.3, -0.25) is 0 Å². The summed E-state index contributed by atoms with van der Waals surface area (Å²) < 4.78 is 6.48. The molecule has 0 unspecified atom stereocenters. The van der Waals surface area contributed by atoms with E-state index in [1.54, 1.807) is 0 Å². The van der Waals surface area contributed by atoms with Gasteiger partial charge in [0.05, 0.1) is 11.8 Å². The molecule has 0 aromatic heterocycles. The highest BCUT2D eigenvalue weighted by Gasteiger charge is 2.43. The molecule has 5 rings (SSSR count). The van der Waals surface area contributed by atoms with E-state index < -0.39 is 0 Å². The molecule has 2 aromatic carbocycles. The fourth-order valence-corrected chi connectivity index (χ4v) is 4.94. The average Bonchev–Trinajstić information content (AvgIpc) is 3.14. The number of hydrogen-bond acceptors (Lipinski definition) is 3. The molecule has 2 heterocycles. The van der Waals surface area contributed by atoms with E-state index in [-0.39, 0.29) is 12.3 Å². The van der Waals surface area contributed by atoms with Gasteiger partial charge in [0, 0.05) is 27.9 Å². The van der Waals surface area contributed by atoms with Crippen molar-refractivity contribution in [1.29, 1.82) is 0 Å². The summed E-state index contributed by atoms with van der Waals surface area (Å²) >= 11 is 12.4. The topological polar surface area (TPSA) is 24.8 Å². The standard InChI is InChI=1S/C22H22Cl2N2O/c23-16-8-6-14(7-9-16)19-13-20-18-12-17(24)10-11-21(18)27-22(26(20)25-19)15-4-2-1-3-5-15/h6-12,15,20,22H,1-5,13H2/t20-,22+/m0/s1. The van der Waals surface area contributed by atoms with Crippen LogP contribution < -0.4 is 4.74 Å². The highest BCUT2D eigenvalue weighted by molar-refractivity contribution is 6.31. The molecule has 0 saturated heterocycles. The Morgan fingerprint density at radius 2 is 1.67 bits per heavy atom. The third-order valence-electron chi connectivity index (χ3n) is 6.01. The first-order valence-corrected chi connectivity index (χ1v) is 10.5. The quantitative estimate of drug-likeness (QED) is 0.578. The van der Waals surface area contributed by atoms with Crippen LogP contribution >= 0.6 is 23.2 Å². The average molecular weight is 401 g/mol. The predicted octanol–water partition coefficient (Wildman–Crippen LogP) is 6.44. The van der Waals surface area contributed by atoms with E-state index in [1.807, 2.05) is 30.3 Å². The molecule has 140 valence electrons. The van der Waals surface area contributed by atoms with Gasteiger partial charge in [0.25, 0.3) is 0 Å². The van der Waals surface area contributed by atoms with Crippen molar-refractivity contribution in [1.82, 2.24) is 5.01 Å². The summed E-state index contributed by atoms with van der Waals surface area (Å²) in [6.07, 6.45) is 7.19. The van der Waals surface area contributed by atoms with Gasteiger partial charge in [0.2, 0.25) is 0 Å². The van der Waals surface area contributed by atoms with E-state index in [9.17, 15) is 0 Å². The molecule has 5 heteroatoms. The largest absolute Gasteiger partial charge is 0.468 e. The van der Waals surface area contributed by atoms with Crippen molar-refractivity contribution in [3.05, 3.63) is 63.6 Å². The van der Waals surface area contributed by atoms with Crippen LogP contribution in [0.3, 0.4) is 0 Å². The van der Waals surface area contributed by atoms with Crippen LogP contribution in [0.2, 0.25) is 10.0 Å². The summed E-state index contributed by atoms with van der Waals surface area (Å²) in [4.78, 5) is 0. The zero-order valence-corrected chi connectivity index (χ0v) is 16.6. The molecule has 27 heavy (non-hydrogen) atoms. The maximum atomic E-state index is 6.48. The van der Waals surface area contributed by atoms with Gasteiger partial charge >= 0.3 is 0 Å². The summed E-state index contributed by atoms with van der Waals surface area (Å²) in [5.74, 6) is 1.49. The Morgan fingerprint density at radius 3 is 2.44 bits per heavy atom. The minimum Gasteiger partial charge on any atom is -0.468 e. The number of ether oxygens (including phenoxy) is 1. The van der Waals surface area contributed by atoms with Crippen LogP contribution in [0, 0.1) is 5.92 Å². The van der Waals surface area contributed by atoms with Crippen LogP contribution in [-0.2, 0) is 0 Å². The van der Waals surface area contributed by atoms with Crippen LogP contribution in [0.15, 0.2) is 47.6 Å². The molecule has 3 nitrogen and oxygen atoms in total.